The molecule has 4 heteroatoms. The maximum atomic E-state index is 5.57. The first-order valence-electron chi connectivity index (χ1n) is 2.64. The highest BCUT2D eigenvalue weighted by molar-refractivity contribution is 6.21. The normalized spacial score (nSPS) is 19.1. The van der Waals surface area contributed by atoms with E-state index in [1.165, 1.54) is 4.42 Å². The van der Waals surface area contributed by atoms with E-state index >= 15 is 0 Å². The molecule has 0 aromatic heterocycles. The molecule has 0 amide bonds. The molecule has 0 spiro atoms. The van der Waals surface area contributed by atoms with Crippen molar-refractivity contribution in [1.82, 2.24) is 4.42 Å². The Labute approximate surface area is 58.9 Å². The lowest BCUT2D eigenvalue weighted by atomic mass is 10.4. The molecule has 2 N–H and O–H groups in total. The first-order chi connectivity index (χ1) is 4.20. The average molecular weight is 146 g/mol. The standard InChI is InChI=1S/C5H8ClN3/c1-4-2-3-9(6)5(7)8-4/h2H,3H2,1H3,(H2,7,8). The Morgan fingerprint density at radius 2 is 2.56 bits per heavy atom. The van der Waals surface area contributed by atoms with Crippen molar-refractivity contribution < 1.29 is 0 Å². The van der Waals surface area contributed by atoms with Crippen LogP contribution in [0.2, 0.25) is 0 Å². The summed E-state index contributed by atoms with van der Waals surface area (Å²) >= 11 is 5.57. The molecule has 0 atom stereocenters. The van der Waals surface area contributed by atoms with Crippen LogP contribution in [0.1, 0.15) is 6.92 Å². The summed E-state index contributed by atoms with van der Waals surface area (Å²) in [6.07, 6.45) is 1.91. The molecule has 0 saturated heterocycles. The zero-order chi connectivity index (χ0) is 6.85. The summed E-state index contributed by atoms with van der Waals surface area (Å²) in [6, 6.07) is 0. The van der Waals surface area contributed by atoms with Crippen LogP contribution in [-0.4, -0.2) is 16.9 Å². The van der Waals surface area contributed by atoms with Gasteiger partial charge in [-0.15, -0.1) is 0 Å². The molecule has 3 nitrogen and oxygen atoms in total. The van der Waals surface area contributed by atoms with Crippen LogP contribution < -0.4 is 5.73 Å². The average Bonchev–Trinajstić information content (AvgIpc) is 1.80. The number of rotatable bonds is 0. The van der Waals surface area contributed by atoms with Gasteiger partial charge in [0.2, 0.25) is 5.96 Å². The number of nitrogens with zero attached hydrogens (tertiary/aromatic N) is 2. The van der Waals surface area contributed by atoms with Gasteiger partial charge in [0.15, 0.2) is 0 Å². The summed E-state index contributed by atoms with van der Waals surface area (Å²) in [4.78, 5) is 3.91. The van der Waals surface area contributed by atoms with Crippen molar-refractivity contribution in [1.29, 1.82) is 0 Å². The largest absolute Gasteiger partial charge is 0.368 e. The van der Waals surface area contributed by atoms with Crippen molar-refractivity contribution in [3.8, 4) is 0 Å². The molecule has 0 bridgehead atoms. The molecule has 0 radical (unpaired) electrons. The Morgan fingerprint density at radius 1 is 1.89 bits per heavy atom. The van der Waals surface area contributed by atoms with E-state index < -0.39 is 0 Å². The summed E-state index contributed by atoms with van der Waals surface area (Å²) in [6.45, 7) is 2.53. The molecule has 1 aliphatic rings. The lowest BCUT2D eigenvalue weighted by molar-refractivity contribution is 0.706. The van der Waals surface area contributed by atoms with Gasteiger partial charge >= 0.3 is 0 Å². The van der Waals surface area contributed by atoms with E-state index in [-0.39, 0.29) is 0 Å². The molecule has 50 valence electrons. The maximum absolute atomic E-state index is 5.57. The number of nitrogens with two attached hydrogens (primary N) is 1. The SMILES string of the molecule is CC1=CCN(Cl)C(N)=N1. The zero-order valence-corrected chi connectivity index (χ0v) is 5.89. The highest BCUT2D eigenvalue weighted by Gasteiger charge is 2.06. The maximum Gasteiger partial charge on any atom is 0.211 e. The van der Waals surface area contributed by atoms with E-state index in [1.807, 2.05) is 13.0 Å². The van der Waals surface area contributed by atoms with Crippen LogP contribution in [0.5, 0.6) is 0 Å². The van der Waals surface area contributed by atoms with Gasteiger partial charge in [0.25, 0.3) is 0 Å². The molecular weight excluding hydrogens is 138 g/mol. The van der Waals surface area contributed by atoms with E-state index in [4.69, 9.17) is 17.5 Å². The van der Waals surface area contributed by atoms with Crippen LogP contribution >= 0.6 is 11.8 Å². The molecular formula is C5H8ClN3. The Bertz CT molecular complexity index is 173. The van der Waals surface area contributed by atoms with Gasteiger partial charge in [0, 0.05) is 17.5 Å². The van der Waals surface area contributed by atoms with E-state index in [2.05, 4.69) is 4.99 Å². The number of halogens is 1. The molecule has 0 aromatic carbocycles. The first kappa shape index (κ1) is 6.42. The van der Waals surface area contributed by atoms with Crippen LogP contribution in [0.3, 0.4) is 0 Å². The molecule has 1 rings (SSSR count). The summed E-state index contributed by atoms with van der Waals surface area (Å²) < 4.78 is 1.37. The third kappa shape index (κ3) is 1.36. The van der Waals surface area contributed by atoms with Crippen LogP contribution in [0, 0.1) is 0 Å². The monoisotopic (exact) mass is 145 g/mol. The van der Waals surface area contributed by atoms with Crippen molar-refractivity contribution in [2.45, 2.75) is 6.92 Å². The van der Waals surface area contributed by atoms with Gasteiger partial charge in [-0.25, -0.2) is 4.99 Å². The number of hydrogen-bond acceptors (Lipinski definition) is 3. The molecule has 0 fully saturated rings. The molecule has 0 unspecified atom stereocenters. The fraction of sp³-hybridized carbons (Fsp3) is 0.400. The van der Waals surface area contributed by atoms with Crippen LogP contribution in [0.25, 0.3) is 0 Å². The number of guanidine groups is 1. The van der Waals surface area contributed by atoms with Gasteiger partial charge in [-0.1, -0.05) is 0 Å². The minimum Gasteiger partial charge on any atom is -0.368 e. The Kier molecular flexibility index (Phi) is 1.62. The van der Waals surface area contributed by atoms with Gasteiger partial charge < -0.3 is 5.73 Å². The second kappa shape index (κ2) is 2.27. The highest BCUT2D eigenvalue weighted by Crippen LogP contribution is 2.05. The van der Waals surface area contributed by atoms with Crippen molar-refractivity contribution >= 4 is 17.7 Å². The third-order valence-corrected chi connectivity index (χ3v) is 1.40. The van der Waals surface area contributed by atoms with E-state index in [1.54, 1.807) is 0 Å². The molecule has 1 heterocycles. The predicted octanol–water partition coefficient (Wildman–Crippen LogP) is 0.674. The van der Waals surface area contributed by atoms with Crippen molar-refractivity contribution in [3.05, 3.63) is 11.8 Å². The number of hydrogen-bond donors (Lipinski definition) is 1. The fourth-order valence-corrected chi connectivity index (χ4v) is 0.693. The van der Waals surface area contributed by atoms with Crippen LogP contribution in [-0.2, 0) is 0 Å². The lowest BCUT2D eigenvalue weighted by Crippen LogP contribution is -2.31. The highest BCUT2D eigenvalue weighted by atomic mass is 35.5. The van der Waals surface area contributed by atoms with Gasteiger partial charge in [-0.2, -0.15) is 0 Å². The molecule has 1 aliphatic heterocycles. The zero-order valence-electron chi connectivity index (χ0n) is 5.13. The topological polar surface area (TPSA) is 41.6 Å². The van der Waals surface area contributed by atoms with E-state index in [0.29, 0.717) is 12.5 Å². The quantitative estimate of drug-likeness (QED) is 0.510. The van der Waals surface area contributed by atoms with E-state index in [9.17, 15) is 0 Å². The van der Waals surface area contributed by atoms with Crippen molar-refractivity contribution in [2.75, 3.05) is 6.54 Å². The van der Waals surface area contributed by atoms with Gasteiger partial charge in [-0.3, -0.25) is 4.42 Å². The second-order valence-corrected chi connectivity index (χ2v) is 2.27. The first-order valence-corrected chi connectivity index (χ1v) is 2.98. The van der Waals surface area contributed by atoms with Gasteiger partial charge in [0.1, 0.15) is 0 Å². The summed E-state index contributed by atoms with van der Waals surface area (Å²) in [5.41, 5.74) is 6.29. The predicted molar refractivity (Wildman–Crippen MR) is 37.9 cm³/mol. The Hall–Kier alpha value is -0.700. The molecule has 0 aliphatic carbocycles. The molecule has 0 aromatic rings. The fourth-order valence-electron chi connectivity index (χ4n) is 0.586. The summed E-state index contributed by atoms with van der Waals surface area (Å²) in [5, 5.41) is 0. The Balaban J connectivity index is 2.74. The molecule has 0 saturated carbocycles. The third-order valence-electron chi connectivity index (χ3n) is 1.09. The summed E-state index contributed by atoms with van der Waals surface area (Å²) in [5.74, 6) is 0.372. The van der Waals surface area contributed by atoms with Gasteiger partial charge in [-0.05, 0) is 13.0 Å². The molecule has 9 heavy (non-hydrogen) atoms. The van der Waals surface area contributed by atoms with Gasteiger partial charge in [0.05, 0.1) is 6.54 Å². The Morgan fingerprint density at radius 3 is 3.00 bits per heavy atom. The van der Waals surface area contributed by atoms with Crippen LogP contribution in [0.15, 0.2) is 16.8 Å². The minimum atomic E-state index is 0.372. The van der Waals surface area contributed by atoms with Crippen molar-refractivity contribution in [2.24, 2.45) is 10.7 Å². The van der Waals surface area contributed by atoms with Crippen LogP contribution in [0.4, 0.5) is 0 Å². The number of allylic oxidation sites excluding steroid dienone is 1. The smallest absolute Gasteiger partial charge is 0.211 e. The summed E-state index contributed by atoms with van der Waals surface area (Å²) in [7, 11) is 0. The lowest BCUT2D eigenvalue weighted by Gasteiger charge is -2.15. The second-order valence-electron chi connectivity index (χ2n) is 1.86. The minimum absolute atomic E-state index is 0.372. The van der Waals surface area contributed by atoms with Crippen molar-refractivity contribution in [3.63, 3.8) is 0 Å². The number of aliphatic imine (C=N–C) groups is 1. The van der Waals surface area contributed by atoms with E-state index in [0.717, 1.165) is 5.70 Å².